The minimum Gasteiger partial charge on any atom is -0.348 e. The van der Waals surface area contributed by atoms with Gasteiger partial charge in [0.25, 0.3) is 0 Å². The van der Waals surface area contributed by atoms with Gasteiger partial charge in [-0.05, 0) is 30.7 Å². The fourth-order valence-corrected chi connectivity index (χ4v) is 4.07. The zero-order valence-corrected chi connectivity index (χ0v) is 15.1. The van der Waals surface area contributed by atoms with Gasteiger partial charge in [0.15, 0.2) is 5.13 Å². The highest BCUT2D eigenvalue weighted by molar-refractivity contribution is 7.15. The molecule has 21 heavy (non-hydrogen) atoms. The Balaban J connectivity index is 2.10. The minimum atomic E-state index is 0.408. The summed E-state index contributed by atoms with van der Waals surface area (Å²) in [7, 11) is 0. The van der Waals surface area contributed by atoms with Gasteiger partial charge in [0.05, 0.1) is 5.69 Å². The third-order valence-electron chi connectivity index (χ3n) is 4.47. The van der Waals surface area contributed by atoms with Gasteiger partial charge in [0.2, 0.25) is 0 Å². The fraction of sp³-hybridized carbons (Fsp3) is 0.824. The molecule has 1 fully saturated rings. The van der Waals surface area contributed by atoms with Crippen LogP contribution in [0.2, 0.25) is 0 Å². The lowest BCUT2D eigenvalue weighted by atomic mass is 9.80. The molecule has 1 aliphatic heterocycles. The Morgan fingerprint density at radius 2 is 2.10 bits per heavy atom. The van der Waals surface area contributed by atoms with Crippen molar-refractivity contribution in [3.63, 3.8) is 0 Å². The van der Waals surface area contributed by atoms with Gasteiger partial charge in [-0.3, -0.25) is 0 Å². The number of hydrogen-bond acceptors (Lipinski definition) is 4. The molecular formula is C17H31N3S. The Morgan fingerprint density at radius 1 is 1.33 bits per heavy atom. The molecular weight excluding hydrogens is 278 g/mol. The van der Waals surface area contributed by atoms with Crippen LogP contribution < -0.4 is 10.2 Å². The number of hydrogen-bond donors (Lipinski definition) is 1. The second-order valence-corrected chi connectivity index (χ2v) is 8.26. The summed E-state index contributed by atoms with van der Waals surface area (Å²) in [5.41, 5.74) is 1.72. The molecule has 2 heterocycles. The maximum atomic E-state index is 4.96. The molecule has 0 spiro atoms. The summed E-state index contributed by atoms with van der Waals surface area (Å²) in [5, 5.41) is 4.70. The molecule has 0 bridgehead atoms. The molecule has 1 saturated heterocycles. The maximum Gasteiger partial charge on any atom is 0.185 e. The van der Waals surface area contributed by atoms with Crippen molar-refractivity contribution in [3.05, 3.63) is 10.6 Å². The van der Waals surface area contributed by atoms with Crippen LogP contribution in [0.25, 0.3) is 0 Å². The molecule has 0 aliphatic carbocycles. The zero-order chi connectivity index (χ0) is 15.5. The van der Waals surface area contributed by atoms with Crippen molar-refractivity contribution >= 4 is 16.5 Å². The highest BCUT2D eigenvalue weighted by atomic mass is 32.1. The van der Waals surface area contributed by atoms with E-state index in [2.05, 4.69) is 44.8 Å². The lowest BCUT2D eigenvalue weighted by Crippen LogP contribution is -2.25. The summed E-state index contributed by atoms with van der Waals surface area (Å²) in [4.78, 5) is 8.90. The molecule has 0 amide bonds. The Labute approximate surface area is 134 Å². The van der Waals surface area contributed by atoms with Gasteiger partial charge in [0, 0.05) is 24.5 Å². The third kappa shape index (κ3) is 4.19. The molecule has 1 aromatic rings. The van der Waals surface area contributed by atoms with E-state index in [1.54, 1.807) is 0 Å². The zero-order valence-electron chi connectivity index (χ0n) is 14.3. The van der Waals surface area contributed by atoms with Crippen LogP contribution in [-0.4, -0.2) is 24.6 Å². The van der Waals surface area contributed by atoms with Gasteiger partial charge in [-0.25, -0.2) is 4.98 Å². The summed E-state index contributed by atoms with van der Waals surface area (Å²) in [5.74, 6) is 0.785. The topological polar surface area (TPSA) is 28.2 Å². The van der Waals surface area contributed by atoms with Crippen LogP contribution >= 0.6 is 11.3 Å². The van der Waals surface area contributed by atoms with E-state index in [0.717, 1.165) is 25.4 Å². The van der Waals surface area contributed by atoms with Crippen LogP contribution in [0.3, 0.4) is 0 Å². The number of nitrogens with one attached hydrogen (secondary N) is 1. The first-order chi connectivity index (χ1) is 9.95. The Morgan fingerprint density at radius 3 is 2.67 bits per heavy atom. The molecule has 1 aliphatic rings. The molecule has 120 valence electrons. The number of nitrogens with zero attached hydrogens (tertiary/aromatic N) is 2. The molecule has 0 aromatic carbocycles. The first-order valence-corrected chi connectivity index (χ1v) is 9.21. The molecule has 4 heteroatoms. The standard InChI is InChI=1S/C17H31N3S/c1-6-8-14-15(11-18-7-2)21-16(19-14)20-10-9-13(12-20)17(3,4)5/h13,18H,6-12H2,1-5H3. The van der Waals surface area contributed by atoms with Crippen LogP contribution in [0.15, 0.2) is 0 Å². The number of aryl methyl sites for hydroxylation is 1. The van der Waals surface area contributed by atoms with E-state index in [-0.39, 0.29) is 0 Å². The monoisotopic (exact) mass is 309 g/mol. The predicted molar refractivity (Wildman–Crippen MR) is 93.3 cm³/mol. The molecule has 0 saturated carbocycles. The second-order valence-electron chi connectivity index (χ2n) is 7.19. The minimum absolute atomic E-state index is 0.408. The SMILES string of the molecule is CCCc1nc(N2CCC(C(C)(C)C)C2)sc1CNCC. The van der Waals surface area contributed by atoms with Gasteiger partial charge in [0.1, 0.15) is 0 Å². The average Bonchev–Trinajstić information content (AvgIpc) is 3.02. The Bertz CT molecular complexity index is 447. The predicted octanol–water partition coefficient (Wildman–Crippen LogP) is 4.08. The van der Waals surface area contributed by atoms with Crippen molar-refractivity contribution in [1.29, 1.82) is 0 Å². The van der Waals surface area contributed by atoms with E-state index in [4.69, 9.17) is 4.98 Å². The lowest BCUT2D eigenvalue weighted by molar-refractivity contribution is 0.263. The van der Waals surface area contributed by atoms with Crippen LogP contribution in [0.1, 0.15) is 58.0 Å². The van der Waals surface area contributed by atoms with Crippen LogP contribution in [-0.2, 0) is 13.0 Å². The van der Waals surface area contributed by atoms with Gasteiger partial charge in [-0.1, -0.05) is 41.0 Å². The molecule has 3 nitrogen and oxygen atoms in total. The fourth-order valence-electron chi connectivity index (χ4n) is 2.95. The van der Waals surface area contributed by atoms with Crippen molar-refractivity contribution in [2.75, 3.05) is 24.5 Å². The first kappa shape index (κ1) is 16.8. The van der Waals surface area contributed by atoms with Crippen molar-refractivity contribution in [2.24, 2.45) is 11.3 Å². The van der Waals surface area contributed by atoms with E-state index in [1.165, 1.54) is 41.6 Å². The van der Waals surface area contributed by atoms with Crippen molar-refractivity contribution in [1.82, 2.24) is 10.3 Å². The van der Waals surface area contributed by atoms with Crippen LogP contribution in [0, 0.1) is 11.3 Å². The van der Waals surface area contributed by atoms with Gasteiger partial charge in [-0.2, -0.15) is 0 Å². The first-order valence-electron chi connectivity index (χ1n) is 8.40. The van der Waals surface area contributed by atoms with Crippen LogP contribution in [0.4, 0.5) is 5.13 Å². The highest BCUT2D eigenvalue weighted by Gasteiger charge is 2.33. The number of anilines is 1. The van der Waals surface area contributed by atoms with Crippen molar-refractivity contribution in [3.8, 4) is 0 Å². The number of aromatic nitrogens is 1. The lowest BCUT2D eigenvalue weighted by Gasteiger charge is -2.26. The smallest absolute Gasteiger partial charge is 0.185 e. The molecule has 1 unspecified atom stereocenters. The van der Waals surface area contributed by atoms with Crippen molar-refractivity contribution < 1.29 is 0 Å². The largest absolute Gasteiger partial charge is 0.348 e. The van der Waals surface area contributed by atoms with E-state index < -0.39 is 0 Å². The molecule has 1 N–H and O–H groups in total. The Kier molecular flexibility index (Phi) is 5.67. The summed E-state index contributed by atoms with van der Waals surface area (Å²) in [6.07, 6.45) is 3.58. The van der Waals surface area contributed by atoms with Crippen LogP contribution in [0.5, 0.6) is 0 Å². The quantitative estimate of drug-likeness (QED) is 0.858. The van der Waals surface area contributed by atoms with E-state index in [9.17, 15) is 0 Å². The molecule has 1 aromatic heterocycles. The number of rotatable bonds is 6. The normalized spacial score (nSPS) is 19.5. The summed E-state index contributed by atoms with van der Waals surface area (Å²) in [6.45, 7) is 15.8. The van der Waals surface area contributed by atoms with E-state index in [0.29, 0.717) is 5.41 Å². The van der Waals surface area contributed by atoms with Gasteiger partial charge < -0.3 is 10.2 Å². The summed E-state index contributed by atoms with van der Waals surface area (Å²) >= 11 is 1.90. The molecule has 0 radical (unpaired) electrons. The summed E-state index contributed by atoms with van der Waals surface area (Å²) < 4.78 is 0. The highest BCUT2D eigenvalue weighted by Crippen LogP contribution is 2.37. The molecule has 1 atom stereocenters. The van der Waals surface area contributed by atoms with Crippen molar-refractivity contribution in [2.45, 2.75) is 60.4 Å². The van der Waals surface area contributed by atoms with E-state index >= 15 is 0 Å². The van der Waals surface area contributed by atoms with Gasteiger partial charge in [-0.15, -0.1) is 11.3 Å². The Hall–Kier alpha value is -0.610. The average molecular weight is 310 g/mol. The maximum absolute atomic E-state index is 4.96. The second kappa shape index (κ2) is 7.10. The third-order valence-corrected chi connectivity index (χ3v) is 5.63. The molecule has 2 rings (SSSR count). The summed E-state index contributed by atoms with van der Waals surface area (Å²) in [6, 6.07) is 0. The van der Waals surface area contributed by atoms with Gasteiger partial charge >= 0.3 is 0 Å². The van der Waals surface area contributed by atoms with E-state index in [1.807, 2.05) is 11.3 Å². The number of thiazole rings is 1.